The topological polar surface area (TPSA) is 60.5 Å². The number of carbonyl (C=O) groups is 1. The summed E-state index contributed by atoms with van der Waals surface area (Å²) in [5, 5.41) is 5.04. The minimum atomic E-state index is -0.499. The zero-order chi connectivity index (χ0) is 13.8. The van der Waals surface area contributed by atoms with Gasteiger partial charge in [0.05, 0.1) is 14.2 Å². The first-order valence-corrected chi connectivity index (χ1v) is 6.16. The minimum Gasteiger partial charge on any atom is -0.494 e. The Labute approximate surface area is 113 Å². The number of carbonyl (C=O) groups excluding carboxylic acids is 1. The van der Waals surface area contributed by atoms with Crippen molar-refractivity contribution in [3.8, 4) is 5.75 Å². The first kappa shape index (κ1) is 13.3. The molecule has 5 nitrogen and oxygen atoms in total. The number of hydrogen-bond acceptors (Lipinski definition) is 6. The molecule has 0 fully saturated rings. The number of nitrogens with one attached hydrogen (secondary N) is 1. The number of hydrogen-bond donors (Lipinski definition) is 1. The van der Waals surface area contributed by atoms with E-state index in [1.807, 2.05) is 0 Å². The van der Waals surface area contributed by atoms with Crippen molar-refractivity contribution in [2.75, 3.05) is 19.5 Å². The summed E-state index contributed by atoms with van der Waals surface area (Å²) in [5.74, 6) is -0.807. The van der Waals surface area contributed by atoms with Gasteiger partial charge in [-0.05, 0) is 12.1 Å². The van der Waals surface area contributed by atoms with Crippen LogP contribution >= 0.6 is 11.3 Å². The molecule has 2 aromatic rings. The average Bonchev–Trinajstić information content (AvgIpc) is 2.88. The fourth-order valence-corrected chi connectivity index (χ4v) is 2.09. The number of nitrogens with zero attached hydrogens (tertiary/aromatic N) is 1. The van der Waals surface area contributed by atoms with Crippen molar-refractivity contribution in [2.24, 2.45) is 0 Å². The van der Waals surface area contributed by atoms with Gasteiger partial charge in [0, 0.05) is 17.1 Å². The van der Waals surface area contributed by atoms with Crippen molar-refractivity contribution in [3.05, 3.63) is 35.1 Å². The fourth-order valence-electron chi connectivity index (χ4n) is 1.39. The monoisotopic (exact) mass is 282 g/mol. The molecule has 0 unspecified atom stereocenters. The van der Waals surface area contributed by atoms with Crippen LogP contribution in [0.2, 0.25) is 0 Å². The Morgan fingerprint density at radius 3 is 2.89 bits per heavy atom. The Balaban J connectivity index is 2.17. The van der Waals surface area contributed by atoms with E-state index in [4.69, 9.17) is 4.74 Å². The molecule has 0 saturated heterocycles. The van der Waals surface area contributed by atoms with E-state index in [1.165, 1.54) is 37.7 Å². The molecule has 0 bridgehead atoms. The van der Waals surface area contributed by atoms with Crippen molar-refractivity contribution < 1.29 is 18.7 Å². The Hall–Kier alpha value is -2.15. The molecule has 0 saturated carbocycles. The van der Waals surface area contributed by atoms with Crippen LogP contribution in [0.4, 0.5) is 15.2 Å². The second kappa shape index (κ2) is 5.66. The molecule has 0 aliphatic carbocycles. The molecule has 0 amide bonds. The molecule has 100 valence electrons. The van der Waals surface area contributed by atoms with E-state index in [2.05, 4.69) is 15.0 Å². The number of rotatable bonds is 4. The highest BCUT2D eigenvalue weighted by atomic mass is 32.1. The Kier molecular flexibility index (Phi) is 3.96. The number of anilines is 2. The molecule has 0 spiro atoms. The molecule has 0 aliphatic heterocycles. The van der Waals surface area contributed by atoms with Gasteiger partial charge in [-0.1, -0.05) is 0 Å². The Morgan fingerprint density at radius 2 is 2.21 bits per heavy atom. The predicted octanol–water partition coefficient (Wildman–Crippen LogP) is 2.82. The van der Waals surface area contributed by atoms with Gasteiger partial charge in [0.2, 0.25) is 0 Å². The van der Waals surface area contributed by atoms with E-state index in [1.54, 1.807) is 11.4 Å². The van der Waals surface area contributed by atoms with Crippen LogP contribution < -0.4 is 10.1 Å². The first-order valence-electron chi connectivity index (χ1n) is 5.28. The zero-order valence-electron chi connectivity index (χ0n) is 10.3. The van der Waals surface area contributed by atoms with Crippen LogP contribution in [0, 0.1) is 5.82 Å². The number of aromatic nitrogens is 1. The highest BCUT2D eigenvalue weighted by Crippen LogP contribution is 2.26. The number of esters is 1. The van der Waals surface area contributed by atoms with E-state index >= 15 is 0 Å². The number of benzene rings is 1. The Morgan fingerprint density at radius 1 is 1.42 bits per heavy atom. The van der Waals surface area contributed by atoms with Crippen LogP contribution in [-0.4, -0.2) is 25.2 Å². The molecule has 0 radical (unpaired) electrons. The van der Waals surface area contributed by atoms with Gasteiger partial charge in [-0.3, -0.25) is 0 Å². The lowest BCUT2D eigenvalue weighted by atomic mass is 10.3. The van der Waals surface area contributed by atoms with Crippen LogP contribution in [0.3, 0.4) is 0 Å². The summed E-state index contributed by atoms with van der Waals surface area (Å²) < 4.78 is 22.7. The molecule has 19 heavy (non-hydrogen) atoms. The first-order chi connectivity index (χ1) is 9.13. The summed E-state index contributed by atoms with van der Waals surface area (Å²) in [6, 6.07) is 4.35. The molecule has 0 aliphatic rings. The fraction of sp³-hybridized carbons (Fsp3) is 0.167. The van der Waals surface area contributed by atoms with Gasteiger partial charge in [0.1, 0.15) is 0 Å². The smallest absolute Gasteiger partial charge is 0.357 e. The van der Waals surface area contributed by atoms with Crippen molar-refractivity contribution in [1.82, 2.24) is 4.98 Å². The van der Waals surface area contributed by atoms with Crippen LogP contribution in [0.25, 0.3) is 0 Å². The lowest BCUT2D eigenvalue weighted by Gasteiger charge is -2.06. The highest BCUT2D eigenvalue weighted by Gasteiger charge is 2.11. The van der Waals surface area contributed by atoms with Gasteiger partial charge in [-0.2, -0.15) is 0 Å². The maximum atomic E-state index is 13.2. The maximum absolute atomic E-state index is 13.2. The molecular formula is C12H11FN2O3S. The third kappa shape index (κ3) is 3.00. The van der Waals surface area contributed by atoms with Crippen LogP contribution in [-0.2, 0) is 4.74 Å². The van der Waals surface area contributed by atoms with E-state index in [0.717, 1.165) is 0 Å². The Bertz CT molecular complexity index is 600. The lowest BCUT2D eigenvalue weighted by molar-refractivity contribution is 0.0595. The second-order valence-corrected chi connectivity index (χ2v) is 4.36. The van der Waals surface area contributed by atoms with Crippen molar-refractivity contribution in [3.63, 3.8) is 0 Å². The molecule has 1 aromatic heterocycles. The van der Waals surface area contributed by atoms with E-state index in [9.17, 15) is 9.18 Å². The lowest BCUT2D eigenvalue weighted by Crippen LogP contribution is -2.01. The molecule has 1 N–H and O–H groups in total. The SMILES string of the molecule is COC(=O)c1csc(Nc2ccc(F)c(OC)c2)n1. The van der Waals surface area contributed by atoms with Crippen molar-refractivity contribution >= 4 is 28.1 Å². The van der Waals surface area contributed by atoms with E-state index in [0.29, 0.717) is 10.8 Å². The predicted molar refractivity (Wildman–Crippen MR) is 69.7 cm³/mol. The summed E-state index contributed by atoms with van der Waals surface area (Å²) in [6.07, 6.45) is 0. The quantitative estimate of drug-likeness (QED) is 0.874. The normalized spacial score (nSPS) is 10.1. The summed E-state index contributed by atoms with van der Waals surface area (Å²) in [7, 11) is 2.68. The zero-order valence-corrected chi connectivity index (χ0v) is 11.1. The van der Waals surface area contributed by atoms with Gasteiger partial charge in [-0.25, -0.2) is 14.2 Å². The second-order valence-electron chi connectivity index (χ2n) is 3.50. The maximum Gasteiger partial charge on any atom is 0.357 e. The molecule has 0 atom stereocenters. The third-order valence-corrected chi connectivity index (χ3v) is 3.06. The highest BCUT2D eigenvalue weighted by molar-refractivity contribution is 7.14. The molecule has 1 aromatic carbocycles. The number of thiazole rings is 1. The van der Waals surface area contributed by atoms with E-state index < -0.39 is 11.8 Å². The number of halogens is 1. The summed E-state index contributed by atoms with van der Waals surface area (Å²) in [4.78, 5) is 15.3. The molecule has 7 heteroatoms. The van der Waals surface area contributed by atoms with Gasteiger partial charge in [0.25, 0.3) is 0 Å². The van der Waals surface area contributed by atoms with Gasteiger partial charge in [0.15, 0.2) is 22.4 Å². The number of ether oxygens (including phenoxy) is 2. The van der Waals surface area contributed by atoms with Crippen LogP contribution in [0.1, 0.15) is 10.5 Å². The van der Waals surface area contributed by atoms with Gasteiger partial charge >= 0.3 is 5.97 Å². The molecule has 2 rings (SSSR count). The number of methoxy groups -OCH3 is 2. The summed E-state index contributed by atoms with van der Waals surface area (Å²) >= 11 is 1.25. The largest absolute Gasteiger partial charge is 0.494 e. The average molecular weight is 282 g/mol. The van der Waals surface area contributed by atoms with Crippen LogP contribution in [0.5, 0.6) is 5.75 Å². The molecule has 1 heterocycles. The van der Waals surface area contributed by atoms with Crippen molar-refractivity contribution in [1.29, 1.82) is 0 Å². The third-order valence-electron chi connectivity index (χ3n) is 2.30. The van der Waals surface area contributed by atoms with Gasteiger partial charge in [-0.15, -0.1) is 11.3 Å². The minimum absolute atomic E-state index is 0.134. The molecular weight excluding hydrogens is 271 g/mol. The standard InChI is InChI=1S/C12H11FN2O3S/c1-17-10-5-7(3-4-8(10)13)14-12-15-9(6-19-12)11(16)18-2/h3-6H,1-2H3,(H,14,15). The van der Waals surface area contributed by atoms with E-state index in [-0.39, 0.29) is 11.4 Å². The summed E-state index contributed by atoms with van der Waals surface area (Å²) in [6.45, 7) is 0. The summed E-state index contributed by atoms with van der Waals surface area (Å²) in [5.41, 5.74) is 0.841. The van der Waals surface area contributed by atoms with Crippen molar-refractivity contribution in [2.45, 2.75) is 0 Å². The van der Waals surface area contributed by atoms with Crippen LogP contribution in [0.15, 0.2) is 23.6 Å². The van der Waals surface area contributed by atoms with Gasteiger partial charge < -0.3 is 14.8 Å².